The van der Waals surface area contributed by atoms with Crippen molar-refractivity contribution < 1.29 is 9.59 Å². The largest absolute Gasteiger partial charge is 0.338 e. The molecule has 1 aliphatic heterocycles. The number of amides is 3. The third-order valence-electron chi connectivity index (χ3n) is 10.1. The van der Waals surface area contributed by atoms with E-state index >= 15 is 0 Å². The molecule has 3 amide bonds. The van der Waals surface area contributed by atoms with Crippen LogP contribution in [-0.4, -0.2) is 39.9 Å². The van der Waals surface area contributed by atoms with Crippen molar-refractivity contribution in [2.24, 2.45) is 28.6 Å². The molecule has 0 bridgehead atoms. The fraction of sp³-hybridized carbons (Fsp3) is 0.571. The number of anilines is 2. The zero-order chi connectivity index (χ0) is 25.1. The number of urea groups is 1. The van der Waals surface area contributed by atoms with Gasteiger partial charge in [0.1, 0.15) is 5.82 Å². The summed E-state index contributed by atoms with van der Waals surface area (Å²) in [4.78, 5) is 35.8. The van der Waals surface area contributed by atoms with Gasteiger partial charge in [-0.05, 0) is 79.9 Å². The highest BCUT2D eigenvalue weighted by Gasteiger charge is 2.60. The van der Waals surface area contributed by atoms with E-state index in [1.165, 1.54) is 37.0 Å². The molecule has 4 aliphatic rings. The lowest BCUT2D eigenvalue weighted by atomic mass is 9.47. The molecule has 0 radical (unpaired) electrons. The molecule has 2 N–H and O–H groups in total. The van der Waals surface area contributed by atoms with Gasteiger partial charge in [-0.15, -0.1) is 11.3 Å². The zero-order valence-electron chi connectivity index (χ0n) is 21.2. The molecule has 6 rings (SSSR count). The average molecular weight is 506 g/mol. The lowest BCUT2D eigenvalue weighted by molar-refractivity contribution is -0.138. The molecule has 2 aromatic rings. The van der Waals surface area contributed by atoms with E-state index in [1.54, 1.807) is 12.3 Å². The molecule has 8 heteroatoms. The van der Waals surface area contributed by atoms with Crippen molar-refractivity contribution in [2.75, 3.05) is 17.7 Å². The van der Waals surface area contributed by atoms with Crippen LogP contribution in [-0.2, 0) is 4.79 Å². The minimum absolute atomic E-state index is 0.0731. The summed E-state index contributed by atoms with van der Waals surface area (Å²) in [6.45, 7) is 4.89. The molecule has 0 spiro atoms. The molecule has 36 heavy (non-hydrogen) atoms. The van der Waals surface area contributed by atoms with E-state index in [0.29, 0.717) is 40.7 Å². The van der Waals surface area contributed by atoms with E-state index in [4.69, 9.17) is 4.98 Å². The molecular formula is C28H35N5O2S. The molecule has 190 valence electrons. The van der Waals surface area contributed by atoms with Crippen LogP contribution in [0.15, 0.2) is 41.9 Å². The Hall–Kier alpha value is -2.74. The van der Waals surface area contributed by atoms with Crippen LogP contribution < -0.4 is 10.6 Å². The predicted molar refractivity (Wildman–Crippen MR) is 142 cm³/mol. The van der Waals surface area contributed by atoms with E-state index in [2.05, 4.69) is 40.9 Å². The second kappa shape index (κ2) is 8.68. The maximum atomic E-state index is 12.4. The summed E-state index contributed by atoms with van der Waals surface area (Å²) in [6, 6.07) is 5.42. The molecule has 7 nitrogen and oxygen atoms in total. The number of likely N-dealkylation sites (N-methyl/N-ethyl adjacent to an activating group) is 1. The minimum Gasteiger partial charge on any atom is -0.338 e. The van der Waals surface area contributed by atoms with Crippen molar-refractivity contribution in [1.82, 2.24) is 14.9 Å². The molecule has 2 aromatic heterocycles. The first kappa shape index (κ1) is 23.6. The number of rotatable bonds is 3. The van der Waals surface area contributed by atoms with Gasteiger partial charge >= 0.3 is 6.03 Å². The van der Waals surface area contributed by atoms with Crippen molar-refractivity contribution >= 4 is 34.2 Å². The van der Waals surface area contributed by atoms with Crippen LogP contribution in [0.25, 0.3) is 0 Å². The summed E-state index contributed by atoms with van der Waals surface area (Å²) < 4.78 is 0. The van der Waals surface area contributed by atoms with Crippen LogP contribution in [0.1, 0.15) is 64.0 Å². The molecule has 0 saturated heterocycles. The monoisotopic (exact) mass is 505 g/mol. The van der Waals surface area contributed by atoms with Gasteiger partial charge in [0, 0.05) is 36.0 Å². The van der Waals surface area contributed by atoms with Gasteiger partial charge in [0.15, 0.2) is 5.13 Å². The van der Waals surface area contributed by atoms with Crippen molar-refractivity contribution in [3.8, 4) is 0 Å². The van der Waals surface area contributed by atoms with Gasteiger partial charge in [-0.2, -0.15) is 0 Å². The smallest absolute Gasteiger partial charge is 0.326 e. The molecule has 0 aromatic carbocycles. The molecule has 0 unspecified atom stereocenters. The van der Waals surface area contributed by atoms with E-state index in [-0.39, 0.29) is 22.8 Å². The first-order valence-corrected chi connectivity index (χ1v) is 14.1. The maximum absolute atomic E-state index is 12.4. The Balaban J connectivity index is 1.18. The number of pyridine rings is 1. The Bertz CT molecular complexity index is 1200. The summed E-state index contributed by atoms with van der Waals surface area (Å²) in [6.07, 6.45) is 12.8. The van der Waals surface area contributed by atoms with Crippen LogP contribution in [0.2, 0.25) is 0 Å². The number of hydrogen-bond acceptors (Lipinski definition) is 5. The van der Waals surface area contributed by atoms with Gasteiger partial charge < -0.3 is 4.90 Å². The van der Waals surface area contributed by atoms with Gasteiger partial charge in [-0.1, -0.05) is 26.0 Å². The first-order chi connectivity index (χ1) is 17.3. The Morgan fingerprint density at radius 3 is 2.78 bits per heavy atom. The van der Waals surface area contributed by atoms with Crippen LogP contribution in [0.5, 0.6) is 0 Å². The van der Waals surface area contributed by atoms with Crippen LogP contribution in [0.3, 0.4) is 0 Å². The number of nitrogens with zero attached hydrogens (tertiary/aromatic N) is 3. The van der Waals surface area contributed by atoms with Gasteiger partial charge in [-0.3, -0.25) is 15.4 Å². The third-order valence-corrected chi connectivity index (χ3v) is 10.9. The number of carbonyl (C=O) groups excluding carboxylic acids is 2. The van der Waals surface area contributed by atoms with E-state index in [1.807, 2.05) is 30.2 Å². The second-order valence-electron chi connectivity index (χ2n) is 11.7. The number of carbonyl (C=O) groups is 2. The number of fused-ring (bicyclic) bond motifs is 5. The highest BCUT2D eigenvalue weighted by atomic mass is 32.1. The molecule has 3 heterocycles. The summed E-state index contributed by atoms with van der Waals surface area (Å²) >= 11 is 1.50. The van der Waals surface area contributed by atoms with Crippen LogP contribution in [0.4, 0.5) is 15.7 Å². The molecule has 3 saturated carbocycles. The fourth-order valence-corrected chi connectivity index (χ4v) is 9.17. The number of nitrogens with one attached hydrogen (secondary N) is 2. The van der Waals surface area contributed by atoms with Gasteiger partial charge in [-0.25, -0.2) is 14.8 Å². The molecular weight excluding hydrogens is 470 g/mol. The quantitative estimate of drug-likeness (QED) is 0.543. The molecule has 3 fully saturated rings. The standard InChI is InChI=1S/C28H35N5O2S/c1-27-13-11-19-17(7-10-22-28(19,2)14-12-24(34)33(22)3)18(27)8-9-20(27)21-16-36-26(30-21)32-25(35)31-23-6-4-5-15-29-23/h4-6,12,14-20,22H,7-11,13H2,1-3H3,(H2,29,30,31,32,35)/t17-,18-,19-,20+,22+,27-,28+/m0/s1. The minimum atomic E-state index is -0.320. The van der Waals surface area contributed by atoms with Gasteiger partial charge in [0.2, 0.25) is 5.91 Å². The Morgan fingerprint density at radius 2 is 1.97 bits per heavy atom. The summed E-state index contributed by atoms with van der Waals surface area (Å²) in [7, 11) is 1.98. The Morgan fingerprint density at radius 1 is 1.11 bits per heavy atom. The average Bonchev–Trinajstić information content (AvgIpc) is 3.45. The predicted octanol–water partition coefficient (Wildman–Crippen LogP) is 5.91. The Kier molecular flexibility index (Phi) is 5.70. The highest BCUT2D eigenvalue weighted by molar-refractivity contribution is 7.14. The maximum Gasteiger partial charge on any atom is 0.326 e. The normalized spacial score (nSPS) is 37.1. The van der Waals surface area contributed by atoms with Crippen molar-refractivity contribution in [1.29, 1.82) is 0 Å². The fourth-order valence-electron chi connectivity index (χ4n) is 8.41. The van der Waals surface area contributed by atoms with Gasteiger partial charge in [0.05, 0.1) is 5.69 Å². The van der Waals surface area contributed by atoms with Crippen molar-refractivity contribution in [3.05, 3.63) is 47.6 Å². The zero-order valence-corrected chi connectivity index (χ0v) is 22.1. The SMILES string of the molecule is CN1C(=O)C=C[C@]2(C)[C@H]3CC[C@]4(C)[C@@H](c5csc(NC(=O)Nc6ccccn6)n5)CC[C@H]4[C@@H]3CC[C@@H]12. The summed E-state index contributed by atoms with van der Waals surface area (Å²) in [5.41, 5.74) is 1.43. The number of hydrogen-bond donors (Lipinski definition) is 2. The summed E-state index contributed by atoms with van der Waals surface area (Å²) in [5.74, 6) is 3.09. The molecule has 3 aliphatic carbocycles. The number of thiazole rings is 1. The third kappa shape index (κ3) is 3.67. The van der Waals surface area contributed by atoms with Crippen molar-refractivity contribution in [3.63, 3.8) is 0 Å². The second-order valence-corrected chi connectivity index (χ2v) is 12.5. The lowest BCUT2D eigenvalue weighted by Gasteiger charge is -2.60. The van der Waals surface area contributed by atoms with E-state index < -0.39 is 0 Å². The molecule has 7 atom stereocenters. The number of aromatic nitrogens is 2. The van der Waals surface area contributed by atoms with Crippen LogP contribution in [0, 0.1) is 28.6 Å². The first-order valence-electron chi connectivity index (χ1n) is 13.2. The van der Waals surface area contributed by atoms with Crippen LogP contribution >= 0.6 is 11.3 Å². The Labute approximate surface area is 216 Å². The lowest BCUT2D eigenvalue weighted by Crippen LogP contribution is -2.59. The van der Waals surface area contributed by atoms with E-state index in [0.717, 1.165) is 18.5 Å². The van der Waals surface area contributed by atoms with E-state index in [9.17, 15) is 9.59 Å². The van der Waals surface area contributed by atoms with Crippen molar-refractivity contribution in [2.45, 2.75) is 64.3 Å². The topological polar surface area (TPSA) is 87.2 Å². The van der Waals surface area contributed by atoms with Gasteiger partial charge in [0.25, 0.3) is 0 Å². The summed E-state index contributed by atoms with van der Waals surface area (Å²) in [5, 5.41) is 8.42. The highest BCUT2D eigenvalue weighted by Crippen LogP contribution is 2.67.